The maximum Gasteiger partial charge on any atom is 0.332 e. The van der Waals surface area contributed by atoms with Crippen LogP contribution in [0.15, 0.2) is 43.7 Å². The smallest absolute Gasteiger partial charge is 0.332 e. The van der Waals surface area contributed by atoms with Gasteiger partial charge in [0.05, 0.1) is 19.7 Å². The number of amides is 1. The molecule has 3 aromatic rings. The fourth-order valence-electron chi connectivity index (χ4n) is 2.73. The highest BCUT2D eigenvalue weighted by atomic mass is 79.9. The summed E-state index contributed by atoms with van der Waals surface area (Å²) in [5.41, 5.74) is 2.44. The van der Waals surface area contributed by atoms with Gasteiger partial charge in [-0.1, -0.05) is 15.9 Å². The number of carbonyl (C=O) groups is 1. The number of hydrogen-bond donors (Lipinski definition) is 1. The zero-order valence-corrected chi connectivity index (χ0v) is 16.9. The van der Waals surface area contributed by atoms with Crippen molar-refractivity contribution in [2.75, 3.05) is 7.11 Å². The molecular formula is C17H17BrN6O4. The highest BCUT2D eigenvalue weighted by Gasteiger charge is 2.15. The van der Waals surface area contributed by atoms with Crippen LogP contribution in [0.2, 0.25) is 0 Å². The van der Waals surface area contributed by atoms with Crippen LogP contribution in [0.5, 0.6) is 5.75 Å². The van der Waals surface area contributed by atoms with Crippen LogP contribution in [-0.4, -0.2) is 37.9 Å². The number of benzene rings is 1. The Morgan fingerprint density at radius 1 is 1.32 bits per heavy atom. The van der Waals surface area contributed by atoms with Gasteiger partial charge in [0.15, 0.2) is 5.52 Å². The van der Waals surface area contributed by atoms with Crippen molar-refractivity contribution in [3.05, 3.63) is 55.4 Å². The molecule has 1 N–H and O–H groups in total. The number of nitrogens with zero attached hydrogens (tertiary/aromatic N) is 5. The highest BCUT2D eigenvalue weighted by Crippen LogP contribution is 2.21. The lowest BCUT2D eigenvalue weighted by Gasteiger charge is -2.08. The quantitative estimate of drug-likeness (QED) is 0.447. The van der Waals surface area contributed by atoms with E-state index in [1.54, 1.807) is 12.1 Å². The van der Waals surface area contributed by atoms with Gasteiger partial charge in [0.25, 0.3) is 11.5 Å². The standard InChI is InChI=1S/C17H17BrN6O4/c1-22-15-14(16(26)23(2)17(22)27)19-9-24(15)8-13(25)21-20-7-10-6-11(18)4-5-12(10)28-3/h4-7,9H,8H2,1-3H3,(H,21,25). The number of aromatic nitrogens is 4. The zero-order chi connectivity index (χ0) is 20.4. The third-order valence-electron chi connectivity index (χ3n) is 4.11. The number of nitrogens with one attached hydrogen (secondary N) is 1. The largest absolute Gasteiger partial charge is 0.496 e. The summed E-state index contributed by atoms with van der Waals surface area (Å²) >= 11 is 3.36. The Morgan fingerprint density at radius 3 is 2.79 bits per heavy atom. The molecule has 0 spiro atoms. The Hall–Kier alpha value is -3.21. The molecular weight excluding hydrogens is 432 g/mol. The van der Waals surface area contributed by atoms with Gasteiger partial charge in [-0.05, 0) is 18.2 Å². The summed E-state index contributed by atoms with van der Waals surface area (Å²) in [5.74, 6) is 0.158. The van der Waals surface area contributed by atoms with Crippen molar-refractivity contribution in [1.82, 2.24) is 24.1 Å². The minimum atomic E-state index is -0.517. The second-order valence-electron chi connectivity index (χ2n) is 5.93. The van der Waals surface area contributed by atoms with Crippen molar-refractivity contribution in [1.29, 1.82) is 0 Å². The molecule has 0 radical (unpaired) electrons. The predicted molar refractivity (Wildman–Crippen MR) is 107 cm³/mol. The number of imidazole rings is 1. The van der Waals surface area contributed by atoms with E-state index < -0.39 is 17.2 Å². The van der Waals surface area contributed by atoms with E-state index in [4.69, 9.17) is 4.74 Å². The Labute approximate surface area is 167 Å². The molecule has 2 aromatic heterocycles. The van der Waals surface area contributed by atoms with Gasteiger partial charge in [-0.25, -0.2) is 15.2 Å². The van der Waals surface area contributed by atoms with Gasteiger partial charge in [0.2, 0.25) is 0 Å². The third-order valence-corrected chi connectivity index (χ3v) is 4.60. The first kappa shape index (κ1) is 19.5. The summed E-state index contributed by atoms with van der Waals surface area (Å²) in [5, 5.41) is 3.93. The summed E-state index contributed by atoms with van der Waals surface area (Å²) in [6.07, 6.45) is 2.80. The average molecular weight is 449 g/mol. The van der Waals surface area contributed by atoms with Crippen LogP contribution < -0.4 is 21.4 Å². The number of ether oxygens (including phenoxy) is 1. The van der Waals surface area contributed by atoms with Gasteiger partial charge in [0, 0.05) is 24.1 Å². The summed E-state index contributed by atoms with van der Waals surface area (Å²) < 4.78 is 9.73. The van der Waals surface area contributed by atoms with Gasteiger partial charge >= 0.3 is 5.69 Å². The maximum absolute atomic E-state index is 12.2. The number of carbonyl (C=O) groups excluding carboxylic acids is 1. The minimum absolute atomic E-state index is 0.111. The summed E-state index contributed by atoms with van der Waals surface area (Å²) in [7, 11) is 4.43. The Morgan fingerprint density at radius 2 is 2.07 bits per heavy atom. The van der Waals surface area contributed by atoms with Crippen molar-refractivity contribution in [2.45, 2.75) is 6.54 Å². The lowest BCUT2D eigenvalue weighted by molar-refractivity contribution is -0.121. The van der Waals surface area contributed by atoms with Gasteiger partial charge in [-0.3, -0.25) is 18.7 Å². The van der Waals surface area contributed by atoms with Crippen molar-refractivity contribution in [2.24, 2.45) is 19.2 Å². The Balaban J connectivity index is 1.80. The van der Waals surface area contributed by atoms with Crippen molar-refractivity contribution in [3.8, 4) is 5.75 Å². The van der Waals surface area contributed by atoms with E-state index in [0.29, 0.717) is 11.3 Å². The fourth-order valence-corrected chi connectivity index (χ4v) is 3.10. The molecule has 1 amide bonds. The van der Waals surface area contributed by atoms with Crippen LogP contribution in [0.4, 0.5) is 0 Å². The number of hydrazone groups is 1. The van der Waals surface area contributed by atoms with Crippen molar-refractivity contribution >= 4 is 39.2 Å². The Kier molecular flexibility index (Phi) is 5.45. The molecule has 0 saturated carbocycles. The summed E-state index contributed by atoms with van der Waals surface area (Å²) in [6, 6.07) is 5.39. The lowest BCUT2D eigenvalue weighted by atomic mass is 10.2. The number of rotatable bonds is 5. The van der Waals surface area contributed by atoms with E-state index in [2.05, 4.69) is 31.4 Å². The van der Waals surface area contributed by atoms with Crippen LogP contribution in [0.1, 0.15) is 5.56 Å². The van der Waals surface area contributed by atoms with E-state index in [9.17, 15) is 14.4 Å². The molecule has 10 nitrogen and oxygen atoms in total. The fraction of sp³-hybridized carbons (Fsp3) is 0.235. The second kappa shape index (κ2) is 7.80. The van der Waals surface area contributed by atoms with Gasteiger partial charge < -0.3 is 9.30 Å². The van der Waals surface area contributed by atoms with Crippen molar-refractivity contribution < 1.29 is 9.53 Å². The molecule has 0 fully saturated rings. The van der Waals surface area contributed by atoms with Crippen LogP contribution >= 0.6 is 15.9 Å². The molecule has 0 aliphatic carbocycles. The topological polar surface area (TPSA) is 113 Å². The number of fused-ring (bicyclic) bond motifs is 1. The zero-order valence-electron chi connectivity index (χ0n) is 15.3. The van der Waals surface area contributed by atoms with E-state index in [1.807, 2.05) is 6.07 Å². The molecule has 11 heteroatoms. The maximum atomic E-state index is 12.2. The van der Waals surface area contributed by atoms with E-state index >= 15 is 0 Å². The monoisotopic (exact) mass is 448 g/mol. The van der Waals surface area contributed by atoms with Crippen molar-refractivity contribution in [3.63, 3.8) is 0 Å². The lowest BCUT2D eigenvalue weighted by Crippen LogP contribution is -2.37. The van der Waals surface area contributed by atoms with Gasteiger partial charge in [0.1, 0.15) is 17.9 Å². The number of aryl methyl sites for hydroxylation is 1. The predicted octanol–water partition coefficient (Wildman–Crippen LogP) is 0.355. The molecule has 0 aliphatic rings. The molecule has 28 heavy (non-hydrogen) atoms. The molecule has 3 rings (SSSR count). The van der Waals surface area contributed by atoms with Gasteiger partial charge in [-0.2, -0.15) is 5.10 Å². The third kappa shape index (κ3) is 3.60. The SMILES string of the molecule is COc1ccc(Br)cc1C=NNC(=O)Cn1cnc2c(=O)n(C)c(=O)n(C)c21. The van der Waals surface area contributed by atoms with Crippen LogP contribution in [-0.2, 0) is 25.4 Å². The normalized spacial score (nSPS) is 11.3. The average Bonchev–Trinajstić information content (AvgIpc) is 3.08. The van der Waals surface area contributed by atoms with E-state index in [0.717, 1.165) is 9.04 Å². The first-order valence-electron chi connectivity index (χ1n) is 8.09. The van der Waals surface area contributed by atoms with Crippen LogP contribution in [0.3, 0.4) is 0 Å². The summed E-state index contributed by atoms with van der Waals surface area (Å²) in [6.45, 7) is -0.163. The number of halogens is 1. The molecule has 146 valence electrons. The van der Waals surface area contributed by atoms with Gasteiger partial charge in [-0.15, -0.1) is 0 Å². The first-order valence-corrected chi connectivity index (χ1v) is 8.89. The number of hydrogen-bond acceptors (Lipinski definition) is 6. The molecule has 1 aromatic carbocycles. The molecule has 2 heterocycles. The molecule has 0 bridgehead atoms. The number of methoxy groups -OCH3 is 1. The Bertz CT molecular complexity index is 1210. The first-order chi connectivity index (χ1) is 13.3. The highest BCUT2D eigenvalue weighted by molar-refractivity contribution is 9.10. The minimum Gasteiger partial charge on any atom is -0.496 e. The molecule has 0 aliphatic heterocycles. The van der Waals surface area contributed by atoms with Crippen LogP contribution in [0.25, 0.3) is 11.2 Å². The molecule has 0 unspecified atom stereocenters. The van der Waals surface area contributed by atoms with Crippen LogP contribution in [0, 0.1) is 0 Å². The molecule has 0 atom stereocenters. The molecule has 0 saturated heterocycles. The second-order valence-corrected chi connectivity index (χ2v) is 6.85. The van der Waals surface area contributed by atoms with E-state index in [1.165, 1.54) is 42.9 Å². The summed E-state index contributed by atoms with van der Waals surface area (Å²) in [4.78, 5) is 40.5. The van der Waals surface area contributed by atoms with E-state index in [-0.39, 0.29) is 17.7 Å².